The fourth-order valence-electron chi connectivity index (χ4n) is 3.92. The summed E-state index contributed by atoms with van der Waals surface area (Å²) in [4.78, 5) is 2.39. The van der Waals surface area contributed by atoms with E-state index >= 15 is 0 Å². The highest BCUT2D eigenvalue weighted by atomic mass is 16.5. The maximum absolute atomic E-state index is 5.45. The van der Waals surface area contributed by atoms with Crippen LogP contribution in [0, 0.1) is 6.92 Å². The van der Waals surface area contributed by atoms with Gasteiger partial charge in [-0.3, -0.25) is 0 Å². The smallest absolute Gasteiger partial charge is 0.124 e. The van der Waals surface area contributed by atoms with Crippen LogP contribution in [0.25, 0.3) is 0 Å². The first-order valence-electron chi connectivity index (χ1n) is 9.79. The third kappa shape index (κ3) is 3.84. The van der Waals surface area contributed by atoms with E-state index in [9.17, 15) is 0 Å². The molecule has 4 rings (SSSR count). The van der Waals surface area contributed by atoms with Crippen molar-refractivity contribution in [3.63, 3.8) is 0 Å². The summed E-state index contributed by atoms with van der Waals surface area (Å²) in [6, 6.07) is 21.7. The first-order chi connectivity index (χ1) is 13.7. The molecule has 1 aliphatic rings. The Kier molecular flexibility index (Phi) is 5.25. The minimum atomic E-state index is 0.824. The normalized spacial score (nSPS) is 12.8. The molecule has 0 aliphatic carbocycles. The van der Waals surface area contributed by atoms with Gasteiger partial charge in [-0.25, -0.2) is 0 Å². The second-order valence-electron chi connectivity index (χ2n) is 7.47. The zero-order chi connectivity index (χ0) is 19.5. The molecule has 0 fully saturated rings. The van der Waals surface area contributed by atoms with Gasteiger partial charge >= 0.3 is 0 Å². The summed E-state index contributed by atoms with van der Waals surface area (Å²) in [5.41, 5.74) is 8.19. The predicted molar refractivity (Wildman–Crippen MR) is 114 cm³/mol. The van der Waals surface area contributed by atoms with Gasteiger partial charge < -0.3 is 14.4 Å². The van der Waals surface area contributed by atoms with Gasteiger partial charge in [0.25, 0.3) is 0 Å². The number of hydrogen-bond acceptors (Lipinski definition) is 3. The van der Waals surface area contributed by atoms with Gasteiger partial charge in [-0.2, -0.15) is 0 Å². The number of methoxy groups -OCH3 is 2. The van der Waals surface area contributed by atoms with Crippen LogP contribution in [0.1, 0.15) is 27.8 Å². The summed E-state index contributed by atoms with van der Waals surface area (Å²) in [5, 5.41) is 0. The Morgan fingerprint density at radius 1 is 0.821 bits per heavy atom. The lowest BCUT2D eigenvalue weighted by atomic mass is 9.97. The molecule has 3 aromatic carbocycles. The van der Waals surface area contributed by atoms with Crippen molar-refractivity contribution in [2.45, 2.75) is 32.9 Å². The maximum Gasteiger partial charge on any atom is 0.124 e. The zero-order valence-electron chi connectivity index (χ0n) is 16.9. The molecule has 0 N–H and O–H groups in total. The molecular weight excluding hydrogens is 346 g/mol. The van der Waals surface area contributed by atoms with Gasteiger partial charge in [0.2, 0.25) is 0 Å². The molecular formula is C25H27NO2. The van der Waals surface area contributed by atoms with Gasteiger partial charge in [0.1, 0.15) is 11.5 Å². The van der Waals surface area contributed by atoms with Crippen LogP contribution in [0.3, 0.4) is 0 Å². The quantitative estimate of drug-likeness (QED) is 0.584. The Hall–Kier alpha value is -2.94. The second kappa shape index (κ2) is 7.97. The van der Waals surface area contributed by atoms with Crippen LogP contribution >= 0.6 is 0 Å². The van der Waals surface area contributed by atoms with E-state index in [4.69, 9.17) is 9.47 Å². The molecule has 0 saturated carbocycles. The number of fused-ring (bicyclic) bond motifs is 1. The van der Waals surface area contributed by atoms with Crippen LogP contribution in [0.4, 0.5) is 5.69 Å². The van der Waals surface area contributed by atoms with Crippen molar-refractivity contribution in [2.24, 2.45) is 0 Å². The lowest BCUT2D eigenvalue weighted by molar-refractivity contribution is 0.394. The lowest BCUT2D eigenvalue weighted by Gasteiger charge is -2.19. The van der Waals surface area contributed by atoms with E-state index in [1.807, 2.05) is 6.07 Å². The van der Waals surface area contributed by atoms with Crippen LogP contribution in [-0.2, 0) is 25.9 Å². The third-order valence-corrected chi connectivity index (χ3v) is 5.59. The van der Waals surface area contributed by atoms with Crippen molar-refractivity contribution < 1.29 is 9.47 Å². The average molecular weight is 373 g/mol. The Labute approximate surface area is 167 Å². The zero-order valence-corrected chi connectivity index (χ0v) is 16.9. The van der Waals surface area contributed by atoms with Gasteiger partial charge in [-0.15, -0.1) is 0 Å². The van der Waals surface area contributed by atoms with E-state index < -0.39 is 0 Å². The number of benzene rings is 3. The second-order valence-corrected chi connectivity index (χ2v) is 7.47. The van der Waals surface area contributed by atoms with E-state index in [1.54, 1.807) is 14.2 Å². The highest BCUT2D eigenvalue weighted by molar-refractivity contribution is 5.59. The number of nitrogens with zero attached hydrogens (tertiary/aromatic N) is 1. The molecule has 28 heavy (non-hydrogen) atoms. The highest BCUT2D eigenvalue weighted by Gasteiger charge is 2.22. The summed E-state index contributed by atoms with van der Waals surface area (Å²) in [6.45, 7) is 3.98. The molecule has 144 valence electrons. The maximum atomic E-state index is 5.45. The molecule has 0 bridgehead atoms. The van der Waals surface area contributed by atoms with E-state index in [-0.39, 0.29) is 0 Å². The molecule has 0 atom stereocenters. The largest absolute Gasteiger partial charge is 0.497 e. The summed E-state index contributed by atoms with van der Waals surface area (Å²) < 4.78 is 10.9. The summed E-state index contributed by atoms with van der Waals surface area (Å²) in [6.07, 6.45) is 2.14. The van der Waals surface area contributed by atoms with Crippen LogP contribution in [-0.4, -0.2) is 14.2 Å². The standard InChI is InChI=1S/C25H27NO2/c1-18-7-9-19(10-8-18)11-12-20-5-4-6-21-16-26(17-25(20)21)22-13-23(27-2)15-24(14-22)28-3/h4-10,13-15H,11-12,16-17H2,1-3H3. The summed E-state index contributed by atoms with van der Waals surface area (Å²) in [7, 11) is 3.39. The van der Waals surface area contributed by atoms with Crippen LogP contribution < -0.4 is 14.4 Å². The Balaban J connectivity index is 1.54. The fraction of sp³-hybridized carbons (Fsp3) is 0.280. The van der Waals surface area contributed by atoms with Crippen molar-refractivity contribution in [1.29, 1.82) is 0 Å². The van der Waals surface area contributed by atoms with Gasteiger partial charge in [0.05, 0.1) is 14.2 Å². The van der Waals surface area contributed by atoms with E-state index in [0.717, 1.165) is 43.1 Å². The molecule has 3 heteroatoms. The van der Waals surface area contributed by atoms with Crippen LogP contribution in [0.2, 0.25) is 0 Å². The molecule has 0 aromatic heterocycles. The van der Waals surface area contributed by atoms with Crippen LogP contribution in [0.15, 0.2) is 60.7 Å². The SMILES string of the molecule is COc1cc(OC)cc(N2Cc3cccc(CCc4ccc(C)cc4)c3C2)c1. The molecule has 0 amide bonds. The van der Waals surface area contributed by atoms with Gasteiger partial charge in [-0.05, 0) is 42.0 Å². The Morgan fingerprint density at radius 3 is 2.21 bits per heavy atom. The number of aryl methyl sites for hydroxylation is 3. The molecule has 3 nitrogen and oxygen atoms in total. The Bertz CT molecular complexity index is 941. The van der Waals surface area contributed by atoms with Crippen molar-refractivity contribution in [2.75, 3.05) is 19.1 Å². The monoisotopic (exact) mass is 373 g/mol. The molecule has 1 aliphatic heterocycles. The minimum Gasteiger partial charge on any atom is -0.497 e. The Morgan fingerprint density at radius 2 is 1.54 bits per heavy atom. The predicted octanol–water partition coefficient (Wildman–Crippen LogP) is 5.32. The molecule has 0 spiro atoms. The van der Waals surface area contributed by atoms with E-state index in [0.29, 0.717) is 0 Å². The van der Waals surface area contributed by atoms with E-state index in [1.165, 1.54) is 27.8 Å². The van der Waals surface area contributed by atoms with E-state index in [2.05, 4.69) is 66.4 Å². The molecule has 0 unspecified atom stereocenters. The summed E-state index contributed by atoms with van der Waals surface area (Å²) >= 11 is 0. The molecule has 1 heterocycles. The first-order valence-corrected chi connectivity index (χ1v) is 9.79. The highest BCUT2D eigenvalue weighted by Crippen LogP contribution is 2.35. The van der Waals surface area contributed by atoms with Gasteiger partial charge in [0, 0.05) is 37.0 Å². The van der Waals surface area contributed by atoms with Gasteiger partial charge in [0.15, 0.2) is 0 Å². The van der Waals surface area contributed by atoms with Crippen molar-refractivity contribution in [3.05, 3.63) is 88.5 Å². The minimum absolute atomic E-state index is 0.824. The summed E-state index contributed by atoms with van der Waals surface area (Å²) in [5.74, 6) is 1.65. The number of hydrogen-bond donors (Lipinski definition) is 0. The van der Waals surface area contributed by atoms with Crippen molar-refractivity contribution in [3.8, 4) is 11.5 Å². The third-order valence-electron chi connectivity index (χ3n) is 5.59. The van der Waals surface area contributed by atoms with Crippen LogP contribution in [0.5, 0.6) is 11.5 Å². The topological polar surface area (TPSA) is 21.7 Å². The fourth-order valence-corrected chi connectivity index (χ4v) is 3.92. The van der Waals surface area contributed by atoms with Crippen molar-refractivity contribution >= 4 is 5.69 Å². The number of anilines is 1. The molecule has 3 aromatic rings. The number of rotatable bonds is 6. The lowest BCUT2D eigenvalue weighted by Crippen LogP contribution is -2.14. The average Bonchev–Trinajstić information content (AvgIpc) is 3.18. The van der Waals surface area contributed by atoms with Crippen molar-refractivity contribution in [1.82, 2.24) is 0 Å². The molecule has 0 saturated heterocycles. The molecule has 0 radical (unpaired) electrons. The first kappa shape index (κ1) is 18.4. The number of ether oxygens (including phenoxy) is 2. The van der Waals surface area contributed by atoms with Gasteiger partial charge in [-0.1, -0.05) is 48.0 Å².